The Hall–Kier alpha value is -4.20. The molecule has 170 valence electrons. The molecule has 33 heavy (non-hydrogen) atoms. The second-order valence-electron chi connectivity index (χ2n) is 8.00. The molecule has 0 saturated carbocycles. The lowest BCUT2D eigenvalue weighted by molar-refractivity contribution is 0.806. The van der Waals surface area contributed by atoms with Crippen molar-refractivity contribution in [2.24, 2.45) is 27.4 Å². The van der Waals surface area contributed by atoms with Gasteiger partial charge in [0.15, 0.2) is 0 Å². The lowest BCUT2D eigenvalue weighted by Crippen LogP contribution is -2.27. The number of allylic oxidation sites excluding steroid dienone is 6. The molecule has 2 aliphatic rings. The van der Waals surface area contributed by atoms with Gasteiger partial charge in [0.2, 0.25) is 0 Å². The molecule has 0 saturated heterocycles. The first-order chi connectivity index (χ1) is 15.8. The zero-order valence-corrected chi connectivity index (χ0v) is 19.3. The van der Waals surface area contributed by atoms with E-state index in [0.717, 1.165) is 39.2 Å². The van der Waals surface area contributed by atoms with Gasteiger partial charge in [0.1, 0.15) is 11.7 Å². The minimum absolute atomic E-state index is 0.188. The molecule has 0 unspecified atom stereocenters. The van der Waals surface area contributed by atoms with Crippen LogP contribution in [0.25, 0.3) is 5.70 Å². The number of fused-ring (bicyclic) bond motifs is 1. The molecule has 1 aromatic rings. The average molecular weight is 443 g/mol. The molecular weight excluding hydrogens is 412 g/mol. The fraction of sp³-hybridized carbons (Fsp3) is 0.200. The summed E-state index contributed by atoms with van der Waals surface area (Å²) in [5.74, 6) is 1.11. The van der Waals surface area contributed by atoms with Gasteiger partial charge in [-0.2, -0.15) is 0 Å². The molecule has 0 fully saturated rings. The molecule has 3 rings (SSSR count). The van der Waals surface area contributed by atoms with E-state index in [-0.39, 0.29) is 5.92 Å². The summed E-state index contributed by atoms with van der Waals surface area (Å²) in [6.07, 6.45) is 15.9. The molecule has 0 aromatic carbocycles. The van der Waals surface area contributed by atoms with Crippen LogP contribution in [0.15, 0.2) is 92.9 Å². The van der Waals surface area contributed by atoms with Crippen LogP contribution in [-0.4, -0.2) is 30.3 Å². The summed E-state index contributed by atoms with van der Waals surface area (Å²) in [5.41, 5.74) is 19.2. The second-order valence-corrected chi connectivity index (χ2v) is 8.00. The first-order valence-electron chi connectivity index (χ1n) is 10.6. The van der Waals surface area contributed by atoms with Crippen LogP contribution in [0.3, 0.4) is 0 Å². The normalized spacial score (nSPS) is 17.2. The lowest BCUT2D eigenvalue weighted by Gasteiger charge is -2.24. The van der Waals surface area contributed by atoms with Gasteiger partial charge in [0.25, 0.3) is 0 Å². The number of aromatic nitrogens is 1. The molecule has 3 heterocycles. The number of nitrogens with one attached hydrogen (secondary N) is 3. The average Bonchev–Trinajstić information content (AvgIpc) is 2.80. The highest BCUT2D eigenvalue weighted by Gasteiger charge is 2.18. The number of nitrogens with two attached hydrogens (primary N) is 2. The highest BCUT2D eigenvalue weighted by atomic mass is 15.1. The van der Waals surface area contributed by atoms with E-state index in [4.69, 9.17) is 16.9 Å². The highest BCUT2D eigenvalue weighted by Crippen LogP contribution is 2.26. The maximum Gasteiger partial charge on any atom is 0.132 e. The van der Waals surface area contributed by atoms with E-state index in [1.807, 2.05) is 51.3 Å². The van der Waals surface area contributed by atoms with E-state index in [0.29, 0.717) is 17.4 Å². The predicted octanol–water partition coefficient (Wildman–Crippen LogP) is 3.05. The summed E-state index contributed by atoms with van der Waals surface area (Å²) in [7, 11) is 1.71. The minimum atomic E-state index is 0.188. The largest absolute Gasteiger partial charge is 0.398 e. The van der Waals surface area contributed by atoms with Crippen molar-refractivity contribution in [2.75, 3.05) is 7.05 Å². The monoisotopic (exact) mass is 442 g/mol. The zero-order valence-electron chi connectivity index (χ0n) is 19.3. The van der Waals surface area contributed by atoms with Crippen LogP contribution >= 0.6 is 0 Å². The van der Waals surface area contributed by atoms with Gasteiger partial charge in [-0.05, 0) is 54.3 Å². The number of aryl methyl sites for hydroxylation is 1. The van der Waals surface area contributed by atoms with Crippen molar-refractivity contribution < 1.29 is 0 Å². The van der Waals surface area contributed by atoms with Gasteiger partial charge in [0, 0.05) is 60.5 Å². The molecule has 0 aliphatic carbocycles. The SMILES string of the molecule is CN=CC(C1=CNC2=CC=C(N=C(N)C=C(C=N)C(C)C)NC2=C1)=C(N)c1cncc(C)c1. The molecule has 0 bridgehead atoms. The fourth-order valence-electron chi connectivity index (χ4n) is 3.32. The summed E-state index contributed by atoms with van der Waals surface area (Å²) in [6, 6.07) is 1.99. The van der Waals surface area contributed by atoms with Crippen LogP contribution in [0.2, 0.25) is 0 Å². The van der Waals surface area contributed by atoms with Gasteiger partial charge in [-0.3, -0.25) is 9.98 Å². The van der Waals surface area contributed by atoms with Crippen molar-refractivity contribution in [1.82, 2.24) is 15.6 Å². The Bertz CT molecular complexity index is 1190. The van der Waals surface area contributed by atoms with Crippen molar-refractivity contribution in [3.05, 3.63) is 94.0 Å². The molecular formula is C25H30N8. The summed E-state index contributed by atoms with van der Waals surface area (Å²) < 4.78 is 0. The Labute approximate surface area is 194 Å². The smallest absolute Gasteiger partial charge is 0.132 e. The number of pyridine rings is 1. The number of hydrogen-bond donors (Lipinski definition) is 5. The minimum Gasteiger partial charge on any atom is -0.398 e. The van der Waals surface area contributed by atoms with Gasteiger partial charge in [0.05, 0.1) is 11.4 Å². The van der Waals surface area contributed by atoms with Crippen LogP contribution in [0, 0.1) is 18.3 Å². The van der Waals surface area contributed by atoms with Crippen LogP contribution in [0.4, 0.5) is 0 Å². The van der Waals surface area contributed by atoms with Gasteiger partial charge in [-0.25, -0.2) is 4.99 Å². The quantitative estimate of drug-likeness (QED) is 0.326. The number of aliphatic imine (C=N–C) groups is 2. The van der Waals surface area contributed by atoms with Gasteiger partial charge < -0.3 is 27.5 Å². The van der Waals surface area contributed by atoms with E-state index in [1.165, 1.54) is 6.21 Å². The summed E-state index contributed by atoms with van der Waals surface area (Å²) >= 11 is 0. The molecule has 0 atom stereocenters. The van der Waals surface area contributed by atoms with Gasteiger partial charge in [-0.15, -0.1) is 0 Å². The Kier molecular flexibility index (Phi) is 7.40. The number of hydrogen-bond acceptors (Lipinski definition) is 7. The van der Waals surface area contributed by atoms with E-state index in [9.17, 15) is 0 Å². The summed E-state index contributed by atoms with van der Waals surface area (Å²) in [4.78, 5) is 12.9. The third kappa shape index (κ3) is 5.74. The third-order valence-corrected chi connectivity index (χ3v) is 5.09. The first-order valence-corrected chi connectivity index (χ1v) is 10.6. The number of dihydropyridines is 2. The molecule has 2 aliphatic heterocycles. The Balaban J connectivity index is 1.91. The number of rotatable bonds is 7. The fourth-order valence-corrected chi connectivity index (χ4v) is 3.32. The van der Waals surface area contributed by atoms with Crippen LogP contribution in [0.1, 0.15) is 25.0 Å². The second kappa shape index (κ2) is 10.4. The molecule has 8 nitrogen and oxygen atoms in total. The van der Waals surface area contributed by atoms with E-state index in [1.54, 1.807) is 31.7 Å². The van der Waals surface area contributed by atoms with Gasteiger partial charge >= 0.3 is 0 Å². The number of nitrogens with zero attached hydrogens (tertiary/aromatic N) is 3. The first kappa shape index (κ1) is 23.5. The maximum absolute atomic E-state index is 7.53. The molecule has 0 radical (unpaired) electrons. The lowest BCUT2D eigenvalue weighted by atomic mass is 9.98. The van der Waals surface area contributed by atoms with Crippen molar-refractivity contribution in [3.8, 4) is 0 Å². The molecule has 8 heteroatoms. The molecule has 1 aromatic heterocycles. The summed E-state index contributed by atoms with van der Waals surface area (Å²) in [5, 5.41) is 14.1. The van der Waals surface area contributed by atoms with E-state index in [2.05, 4.69) is 25.6 Å². The van der Waals surface area contributed by atoms with Crippen molar-refractivity contribution in [1.29, 1.82) is 5.41 Å². The van der Waals surface area contributed by atoms with E-state index < -0.39 is 0 Å². The van der Waals surface area contributed by atoms with Crippen LogP contribution in [0.5, 0.6) is 0 Å². The predicted molar refractivity (Wildman–Crippen MR) is 136 cm³/mol. The van der Waals surface area contributed by atoms with E-state index >= 15 is 0 Å². The third-order valence-electron chi connectivity index (χ3n) is 5.09. The maximum atomic E-state index is 7.53. The Morgan fingerprint density at radius 3 is 2.64 bits per heavy atom. The summed E-state index contributed by atoms with van der Waals surface area (Å²) in [6.45, 7) is 5.99. The van der Waals surface area contributed by atoms with Crippen LogP contribution < -0.4 is 22.1 Å². The number of amidine groups is 1. The zero-order chi connectivity index (χ0) is 24.0. The van der Waals surface area contributed by atoms with Gasteiger partial charge in [-0.1, -0.05) is 13.8 Å². The standard InChI is InChI=1S/C25H30N8/c1-15(2)17(10-26)9-23(27)33-24-6-5-21-22(32-24)8-18(13-31-21)20(14-29-4)25(28)19-7-16(3)11-30-12-19/h5-15,26,31-32H,28H2,1-4H3,(H2,27,33). The highest BCUT2D eigenvalue weighted by molar-refractivity contribution is 5.98. The van der Waals surface area contributed by atoms with Crippen molar-refractivity contribution >= 4 is 24.0 Å². The Morgan fingerprint density at radius 1 is 1.18 bits per heavy atom. The van der Waals surface area contributed by atoms with Crippen LogP contribution in [-0.2, 0) is 0 Å². The molecule has 7 N–H and O–H groups in total. The van der Waals surface area contributed by atoms with Crippen molar-refractivity contribution in [3.63, 3.8) is 0 Å². The Morgan fingerprint density at radius 2 is 1.97 bits per heavy atom. The topological polar surface area (TPSA) is 138 Å². The van der Waals surface area contributed by atoms with Crippen molar-refractivity contribution in [2.45, 2.75) is 20.8 Å². The molecule has 0 spiro atoms. The molecule has 0 amide bonds.